The molecular formula is C14H18INO5. The smallest absolute Gasteiger partial charge is 0.412 e. The van der Waals surface area contributed by atoms with Crippen LogP contribution >= 0.6 is 22.6 Å². The van der Waals surface area contributed by atoms with Crippen molar-refractivity contribution in [2.24, 2.45) is 0 Å². The maximum Gasteiger partial charge on any atom is 0.412 e. The summed E-state index contributed by atoms with van der Waals surface area (Å²) in [7, 11) is 2.78. The van der Waals surface area contributed by atoms with E-state index in [4.69, 9.17) is 14.2 Å². The lowest BCUT2D eigenvalue weighted by Crippen LogP contribution is -2.27. The first-order valence-electron chi connectivity index (χ1n) is 6.13. The molecule has 0 saturated carbocycles. The topological polar surface area (TPSA) is 73.9 Å². The van der Waals surface area contributed by atoms with Gasteiger partial charge in [-0.05, 0) is 49.4 Å². The number of anilines is 1. The van der Waals surface area contributed by atoms with Gasteiger partial charge in [0.2, 0.25) is 0 Å². The Morgan fingerprint density at radius 3 is 2.29 bits per heavy atom. The fraction of sp³-hybridized carbons (Fsp3) is 0.429. The van der Waals surface area contributed by atoms with Crippen LogP contribution in [0.25, 0.3) is 0 Å². The summed E-state index contributed by atoms with van der Waals surface area (Å²) in [6, 6.07) is 3.13. The van der Waals surface area contributed by atoms with E-state index in [1.54, 1.807) is 32.9 Å². The molecule has 0 fully saturated rings. The molecule has 1 aromatic rings. The number of benzene rings is 1. The fourth-order valence-electron chi connectivity index (χ4n) is 1.51. The van der Waals surface area contributed by atoms with E-state index in [0.29, 0.717) is 5.75 Å². The Kier molecular flexibility index (Phi) is 5.82. The van der Waals surface area contributed by atoms with Crippen molar-refractivity contribution < 1.29 is 23.8 Å². The number of amides is 1. The predicted molar refractivity (Wildman–Crippen MR) is 86.9 cm³/mol. The van der Waals surface area contributed by atoms with Crippen molar-refractivity contribution in [2.75, 3.05) is 19.5 Å². The minimum absolute atomic E-state index is 0.230. The second kappa shape index (κ2) is 6.97. The highest BCUT2D eigenvalue weighted by molar-refractivity contribution is 14.1. The van der Waals surface area contributed by atoms with Gasteiger partial charge in [-0.2, -0.15) is 0 Å². The molecule has 0 saturated heterocycles. The van der Waals surface area contributed by atoms with Gasteiger partial charge in [-0.25, -0.2) is 9.59 Å². The molecule has 0 spiro atoms. The maximum absolute atomic E-state index is 11.8. The van der Waals surface area contributed by atoms with Crippen molar-refractivity contribution in [2.45, 2.75) is 26.4 Å². The number of esters is 1. The van der Waals surface area contributed by atoms with E-state index in [0.717, 1.165) is 3.57 Å². The van der Waals surface area contributed by atoms with E-state index in [-0.39, 0.29) is 11.3 Å². The van der Waals surface area contributed by atoms with E-state index in [1.807, 2.05) is 22.6 Å². The zero-order valence-corrected chi connectivity index (χ0v) is 14.7. The lowest BCUT2D eigenvalue weighted by molar-refractivity contribution is 0.0601. The van der Waals surface area contributed by atoms with Crippen LogP contribution in [-0.4, -0.2) is 31.9 Å². The third-order valence-corrected chi connectivity index (χ3v) is 3.18. The minimum Gasteiger partial charge on any atom is -0.496 e. The number of hydrogen-bond acceptors (Lipinski definition) is 5. The van der Waals surface area contributed by atoms with Gasteiger partial charge in [0.05, 0.1) is 29.0 Å². The van der Waals surface area contributed by atoms with Crippen LogP contribution in [0.15, 0.2) is 12.1 Å². The highest BCUT2D eigenvalue weighted by Crippen LogP contribution is 2.29. The molecule has 1 rings (SSSR count). The van der Waals surface area contributed by atoms with Crippen LogP contribution in [0.2, 0.25) is 0 Å². The lowest BCUT2D eigenvalue weighted by atomic mass is 10.1. The summed E-state index contributed by atoms with van der Waals surface area (Å²) in [5, 5.41) is 2.54. The number of rotatable bonds is 3. The molecule has 0 heterocycles. The van der Waals surface area contributed by atoms with Gasteiger partial charge in [0, 0.05) is 6.07 Å². The molecule has 0 bridgehead atoms. The lowest BCUT2D eigenvalue weighted by Gasteiger charge is -2.20. The van der Waals surface area contributed by atoms with Crippen LogP contribution < -0.4 is 10.1 Å². The Balaban J connectivity index is 3.14. The van der Waals surface area contributed by atoms with E-state index >= 15 is 0 Å². The molecule has 6 nitrogen and oxygen atoms in total. The van der Waals surface area contributed by atoms with E-state index in [9.17, 15) is 9.59 Å². The van der Waals surface area contributed by atoms with Gasteiger partial charge >= 0.3 is 12.1 Å². The molecule has 21 heavy (non-hydrogen) atoms. The first-order chi connectivity index (χ1) is 9.67. The van der Waals surface area contributed by atoms with Gasteiger partial charge in [-0.3, -0.25) is 5.32 Å². The van der Waals surface area contributed by atoms with E-state index < -0.39 is 17.7 Å². The van der Waals surface area contributed by atoms with Crippen molar-refractivity contribution >= 4 is 40.3 Å². The Labute approximate surface area is 137 Å². The number of halogens is 1. The second-order valence-corrected chi connectivity index (χ2v) is 6.31. The Hall–Kier alpha value is -1.51. The largest absolute Gasteiger partial charge is 0.496 e. The van der Waals surface area contributed by atoms with Gasteiger partial charge in [0.1, 0.15) is 11.4 Å². The number of hydrogen-bond donors (Lipinski definition) is 1. The Bertz CT molecular complexity index is 551. The summed E-state index contributed by atoms with van der Waals surface area (Å²) < 4.78 is 15.8. The average molecular weight is 407 g/mol. The number of ether oxygens (including phenoxy) is 3. The minimum atomic E-state index is -0.657. The molecule has 1 N–H and O–H groups in total. The van der Waals surface area contributed by atoms with Crippen LogP contribution in [0.5, 0.6) is 5.75 Å². The molecule has 0 aromatic heterocycles. The molecule has 0 radical (unpaired) electrons. The molecule has 116 valence electrons. The number of carbonyl (C=O) groups is 2. The molecule has 0 aliphatic heterocycles. The van der Waals surface area contributed by atoms with Crippen molar-refractivity contribution in [1.82, 2.24) is 0 Å². The molecule has 0 atom stereocenters. The van der Waals surface area contributed by atoms with Crippen molar-refractivity contribution in [3.8, 4) is 5.75 Å². The van der Waals surface area contributed by atoms with Gasteiger partial charge in [0.25, 0.3) is 0 Å². The summed E-state index contributed by atoms with van der Waals surface area (Å²) in [6.07, 6.45) is -0.657. The van der Waals surface area contributed by atoms with Crippen LogP contribution in [0.3, 0.4) is 0 Å². The van der Waals surface area contributed by atoms with Crippen LogP contribution in [0, 0.1) is 3.57 Å². The second-order valence-electron chi connectivity index (χ2n) is 5.15. The third-order valence-electron chi connectivity index (χ3n) is 2.33. The first kappa shape index (κ1) is 17.5. The summed E-state index contributed by atoms with van der Waals surface area (Å²) in [4.78, 5) is 23.6. The maximum atomic E-state index is 11.8. The molecule has 0 aliphatic carbocycles. The first-order valence-corrected chi connectivity index (χ1v) is 7.21. The summed E-state index contributed by atoms with van der Waals surface area (Å²) in [5.74, 6) is -0.0176. The summed E-state index contributed by atoms with van der Waals surface area (Å²) in [5.41, 5.74) is -0.134. The van der Waals surface area contributed by atoms with E-state index in [2.05, 4.69) is 5.32 Å². The normalized spacial score (nSPS) is 10.8. The fourth-order valence-corrected chi connectivity index (χ4v) is 2.19. The number of methoxy groups -OCH3 is 2. The zero-order chi connectivity index (χ0) is 16.2. The molecule has 0 unspecified atom stereocenters. The number of carbonyl (C=O) groups excluding carboxylic acids is 2. The predicted octanol–water partition coefficient (Wildman–Crippen LogP) is 3.43. The SMILES string of the molecule is COC(=O)c1cc(I)c(OC)cc1NC(=O)OC(C)(C)C. The van der Waals surface area contributed by atoms with Crippen LogP contribution in [0.4, 0.5) is 10.5 Å². The van der Waals surface area contributed by atoms with E-state index in [1.165, 1.54) is 14.2 Å². The monoisotopic (exact) mass is 407 g/mol. The molecule has 7 heteroatoms. The highest BCUT2D eigenvalue weighted by Gasteiger charge is 2.21. The molecule has 0 aliphatic rings. The zero-order valence-electron chi connectivity index (χ0n) is 12.6. The Morgan fingerprint density at radius 1 is 1.19 bits per heavy atom. The standard InChI is InChI=1S/C14H18INO5/c1-14(2,3)21-13(18)16-10-7-11(19-4)9(15)6-8(10)12(17)20-5/h6-7H,1-5H3,(H,16,18). The van der Waals surface area contributed by atoms with Crippen molar-refractivity contribution in [3.05, 3.63) is 21.3 Å². The van der Waals surface area contributed by atoms with Crippen LogP contribution in [0.1, 0.15) is 31.1 Å². The van der Waals surface area contributed by atoms with Crippen molar-refractivity contribution in [3.63, 3.8) is 0 Å². The summed E-state index contributed by atoms with van der Waals surface area (Å²) >= 11 is 2.03. The molecule has 1 amide bonds. The van der Waals surface area contributed by atoms with Gasteiger partial charge in [-0.1, -0.05) is 0 Å². The molecule has 1 aromatic carbocycles. The Morgan fingerprint density at radius 2 is 1.81 bits per heavy atom. The van der Waals surface area contributed by atoms with Gasteiger partial charge in [-0.15, -0.1) is 0 Å². The van der Waals surface area contributed by atoms with Gasteiger partial charge in [0.15, 0.2) is 0 Å². The average Bonchev–Trinajstić information content (AvgIpc) is 2.37. The van der Waals surface area contributed by atoms with Crippen molar-refractivity contribution in [1.29, 1.82) is 0 Å². The highest BCUT2D eigenvalue weighted by atomic mass is 127. The quantitative estimate of drug-likeness (QED) is 0.614. The van der Waals surface area contributed by atoms with Crippen LogP contribution in [-0.2, 0) is 9.47 Å². The number of nitrogens with one attached hydrogen (secondary N) is 1. The third kappa shape index (κ3) is 5.07. The summed E-state index contributed by atoms with van der Waals surface area (Å²) in [6.45, 7) is 5.26. The molecular weight excluding hydrogens is 389 g/mol. The van der Waals surface area contributed by atoms with Gasteiger partial charge < -0.3 is 14.2 Å².